The monoisotopic (exact) mass is 888 g/mol. The summed E-state index contributed by atoms with van der Waals surface area (Å²) in [6, 6.07) is 33.9. The van der Waals surface area contributed by atoms with E-state index < -0.39 is 42.1 Å². The Morgan fingerprint density at radius 3 is 0.667 bits per heavy atom. The second-order valence-electron chi connectivity index (χ2n) is 15.8. The molecule has 0 unspecified atom stereocenters. The fraction of sp³-hybridized carbons (Fsp3) is 0.167. The maximum absolute atomic E-state index is 13.9. The van der Waals surface area contributed by atoms with E-state index in [1.807, 2.05) is 91.1 Å². The summed E-state index contributed by atoms with van der Waals surface area (Å²) in [7, 11) is -6.21. The molecule has 0 aliphatic heterocycles. The van der Waals surface area contributed by atoms with Gasteiger partial charge in [0.2, 0.25) is 0 Å². The van der Waals surface area contributed by atoms with E-state index in [2.05, 4.69) is 59.2 Å². The lowest BCUT2D eigenvalue weighted by Gasteiger charge is -2.29. The second kappa shape index (κ2) is 23.7. The van der Waals surface area contributed by atoms with E-state index >= 15 is 0 Å². The molecular formula is C54H60O6Si3. The standard InChI is InChI=1S/C54H60O6Si3/c1-10-31-61(32-11-2,33-12-3)49-25-19-46(20-26-49)58-52(55)43-40-44(53(56)59-47-21-27-50(28-22-47)62(34-13-4,35-14-5)36-15-6)42-45(41-43)54(57)60-48-23-29-51(30-24-48)63(37-16-7,38-17-8)39-18-9/h10-30,40-42H,1-9,31-39H2. The Kier molecular flexibility index (Phi) is 18.5. The van der Waals surface area contributed by atoms with Gasteiger partial charge in [-0.3, -0.25) is 0 Å². The highest BCUT2D eigenvalue weighted by Gasteiger charge is 2.33. The van der Waals surface area contributed by atoms with E-state index in [1.165, 1.54) is 18.2 Å². The van der Waals surface area contributed by atoms with Gasteiger partial charge in [0, 0.05) is 0 Å². The smallest absolute Gasteiger partial charge is 0.343 e. The van der Waals surface area contributed by atoms with Crippen molar-refractivity contribution in [1.29, 1.82) is 0 Å². The highest BCUT2D eigenvalue weighted by Crippen LogP contribution is 2.28. The molecular weight excluding hydrogens is 829 g/mol. The normalized spacial score (nSPS) is 11.2. The minimum Gasteiger partial charge on any atom is -0.423 e. The van der Waals surface area contributed by atoms with Crippen LogP contribution in [0.1, 0.15) is 31.1 Å². The van der Waals surface area contributed by atoms with Crippen LogP contribution >= 0.6 is 0 Å². The third-order valence-corrected chi connectivity index (χ3v) is 25.8. The molecule has 9 heteroatoms. The van der Waals surface area contributed by atoms with E-state index in [4.69, 9.17) is 14.2 Å². The summed E-state index contributed by atoms with van der Waals surface area (Å²) in [5.74, 6) is -1.42. The first-order valence-electron chi connectivity index (χ1n) is 21.1. The van der Waals surface area contributed by atoms with Crippen LogP contribution in [-0.4, -0.2) is 42.1 Å². The summed E-state index contributed by atoms with van der Waals surface area (Å²) in [6.45, 7) is 35.9. The highest BCUT2D eigenvalue weighted by atomic mass is 28.3. The van der Waals surface area contributed by atoms with Gasteiger partial charge in [0.05, 0.1) is 40.9 Å². The van der Waals surface area contributed by atoms with Gasteiger partial charge in [-0.15, -0.1) is 59.2 Å². The maximum atomic E-state index is 13.9. The predicted octanol–water partition coefficient (Wildman–Crippen LogP) is 12.0. The van der Waals surface area contributed by atoms with Gasteiger partial charge in [0.1, 0.15) is 17.2 Å². The molecule has 0 heterocycles. The first-order chi connectivity index (χ1) is 30.4. The van der Waals surface area contributed by atoms with Crippen molar-refractivity contribution in [3.63, 3.8) is 0 Å². The number of allylic oxidation sites excluding steroid dienone is 9. The predicted molar refractivity (Wildman–Crippen MR) is 272 cm³/mol. The first-order valence-corrected chi connectivity index (χ1v) is 28.9. The van der Waals surface area contributed by atoms with Crippen LogP contribution < -0.4 is 29.8 Å². The molecule has 0 N–H and O–H groups in total. The van der Waals surface area contributed by atoms with Gasteiger partial charge in [0.25, 0.3) is 0 Å². The van der Waals surface area contributed by atoms with Crippen molar-refractivity contribution in [1.82, 2.24) is 0 Å². The SMILES string of the molecule is C=CC[Si](CC=C)(CC=C)c1ccc(OC(=O)c2cc(C(=O)Oc3ccc([Si](CC=C)(CC=C)CC=C)cc3)cc(C(=O)Oc3ccc([Si](CC=C)(CC=C)CC=C)cc3)c2)cc1. The molecule has 0 radical (unpaired) electrons. The molecule has 0 aliphatic carbocycles. The highest BCUT2D eigenvalue weighted by molar-refractivity contribution is 6.94. The molecule has 63 heavy (non-hydrogen) atoms. The van der Waals surface area contributed by atoms with E-state index in [0.717, 1.165) is 70.0 Å². The lowest BCUT2D eigenvalue weighted by atomic mass is 10.1. The first kappa shape index (κ1) is 49.3. The molecule has 4 aromatic rings. The number of hydrogen-bond donors (Lipinski definition) is 0. The third-order valence-electron chi connectivity index (χ3n) is 11.5. The van der Waals surface area contributed by atoms with Crippen molar-refractivity contribution in [3.8, 4) is 17.2 Å². The Labute approximate surface area is 377 Å². The van der Waals surface area contributed by atoms with Crippen LogP contribution in [0.3, 0.4) is 0 Å². The number of carbonyl (C=O) groups is 3. The lowest BCUT2D eigenvalue weighted by molar-refractivity contribution is 0.0734. The van der Waals surface area contributed by atoms with Gasteiger partial charge in [-0.05, 0) is 109 Å². The van der Waals surface area contributed by atoms with Crippen LogP contribution in [0.4, 0.5) is 0 Å². The van der Waals surface area contributed by atoms with E-state index in [0.29, 0.717) is 17.2 Å². The summed E-state index contributed by atoms with van der Waals surface area (Å²) in [4.78, 5) is 41.6. The minimum absolute atomic E-state index is 0.0389. The number of benzene rings is 4. The topological polar surface area (TPSA) is 78.9 Å². The average molecular weight is 889 g/mol. The molecule has 0 fully saturated rings. The van der Waals surface area contributed by atoms with E-state index in [1.54, 1.807) is 36.4 Å². The van der Waals surface area contributed by atoms with Crippen molar-refractivity contribution in [3.05, 3.63) is 222 Å². The quantitative estimate of drug-likeness (QED) is 0.0257. The molecule has 0 spiro atoms. The zero-order valence-electron chi connectivity index (χ0n) is 36.5. The Bertz CT molecular complexity index is 1970. The summed E-state index contributed by atoms with van der Waals surface area (Å²) < 4.78 is 17.5. The number of carbonyl (C=O) groups excluding carboxylic acids is 3. The zero-order chi connectivity index (χ0) is 45.9. The van der Waals surface area contributed by atoms with Crippen molar-refractivity contribution < 1.29 is 28.6 Å². The van der Waals surface area contributed by atoms with Gasteiger partial charge in [0.15, 0.2) is 0 Å². The van der Waals surface area contributed by atoms with Crippen LogP contribution in [0.5, 0.6) is 17.2 Å². The zero-order valence-corrected chi connectivity index (χ0v) is 39.5. The molecule has 0 amide bonds. The number of hydrogen-bond acceptors (Lipinski definition) is 6. The fourth-order valence-electron chi connectivity index (χ4n) is 8.41. The van der Waals surface area contributed by atoms with Crippen molar-refractivity contribution in [2.75, 3.05) is 0 Å². The second-order valence-corrected chi connectivity index (χ2v) is 28.9. The van der Waals surface area contributed by atoms with Gasteiger partial charge < -0.3 is 14.2 Å². The van der Waals surface area contributed by atoms with Crippen molar-refractivity contribution >= 4 is 57.7 Å². The molecule has 0 atom stereocenters. The lowest BCUT2D eigenvalue weighted by Crippen LogP contribution is -2.46. The molecule has 4 rings (SSSR count). The van der Waals surface area contributed by atoms with E-state index in [-0.39, 0.29) is 16.7 Å². The van der Waals surface area contributed by atoms with Crippen LogP contribution in [0, 0.1) is 0 Å². The van der Waals surface area contributed by atoms with Gasteiger partial charge in [-0.2, -0.15) is 0 Å². The summed E-state index contributed by atoms with van der Waals surface area (Å²) in [5, 5.41) is 3.47. The third kappa shape index (κ3) is 12.4. The van der Waals surface area contributed by atoms with Crippen molar-refractivity contribution in [2.24, 2.45) is 0 Å². The molecule has 6 nitrogen and oxygen atoms in total. The van der Waals surface area contributed by atoms with Gasteiger partial charge >= 0.3 is 17.9 Å². The van der Waals surface area contributed by atoms with Gasteiger partial charge in [-0.25, -0.2) is 14.4 Å². The molecule has 0 aromatic heterocycles. The summed E-state index contributed by atoms with van der Waals surface area (Å²) in [5.41, 5.74) is -0.117. The minimum atomic E-state index is -2.07. The van der Waals surface area contributed by atoms with Crippen LogP contribution in [0.15, 0.2) is 205 Å². The molecule has 0 saturated carbocycles. The van der Waals surface area contributed by atoms with Crippen LogP contribution in [0.25, 0.3) is 0 Å². The number of rotatable bonds is 27. The summed E-state index contributed by atoms with van der Waals surface area (Å²) in [6.07, 6.45) is 17.4. The maximum Gasteiger partial charge on any atom is 0.343 e. The molecule has 0 bridgehead atoms. The fourth-order valence-corrected chi connectivity index (χ4v) is 19.6. The van der Waals surface area contributed by atoms with Gasteiger partial charge in [-0.1, -0.05) is 107 Å². The Morgan fingerprint density at radius 2 is 0.508 bits per heavy atom. The average Bonchev–Trinajstić information content (AvgIpc) is 3.27. The Balaban J connectivity index is 1.70. The largest absolute Gasteiger partial charge is 0.423 e. The Hall–Kier alpha value is -6.40. The van der Waals surface area contributed by atoms with Crippen molar-refractivity contribution in [2.45, 2.75) is 54.4 Å². The molecule has 0 saturated heterocycles. The Morgan fingerprint density at radius 1 is 0.333 bits per heavy atom. The van der Waals surface area contributed by atoms with Crippen LogP contribution in [-0.2, 0) is 0 Å². The number of esters is 3. The van der Waals surface area contributed by atoms with Crippen LogP contribution in [0.2, 0.25) is 54.4 Å². The summed E-state index contributed by atoms with van der Waals surface area (Å²) >= 11 is 0. The van der Waals surface area contributed by atoms with E-state index in [9.17, 15) is 14.4 Å². The molecule has 324 valence electrons. The molecule has 0 aliphatic rings. The molecule has 4 aromatic carbocycles. The number of ether oxygens (including phenoxy) is 3.